The van der Waals surface area contributed by atoms with Gasteiger partial charge in [-0.05, 0) is 22.3 Å². The van der Waals surface area contributed by atoms with E-state index in [2.05, 4.69) is 10.3 Å². The van der Waals surface area contributed by atoms with Crippen molar-refractivity contribution in [3.05, 3.63) is 78.4 Å². The third-order valence-corrected chi connectivity index (χ3v) is 6.43. The summed E-state index contributed by atoms with van der Waals surface area (Å²) in [5.74, 6) is -1.74. The molecule has 0 radical (unpaired) electrons. The molecule has 1 aromatic heterocycles. The molecule has 2 N–H and O–H groups in total. The Hall–Kier alpha value is -4.14. The number of hydrogen-bond donors (Lipinski definition) is 2. The zero-order valence-corrected chi connectivity index (χ0v) is 18.3. The van der Waals surface area contributed by atoms with Gasteiger partial charge in [0.05, 0.1) is 18.8 Å². The molecule has 3 aromatic rings. The van der Waals surface area contributed by atoms with E-state index < -0.39 is 30.4 Å². The van der Waals surface area contributed by atoms with Crippen LogP contribution in [0.25, 0.3) is 11.1 Å². The topological polar surface area (TPSA) is 114 Å². The zero-order chi connectivity index (χ0) is 23.7. The quantitative estimate of drug-likeness (QED) is 0.560. The monoisotopic (exact) mass is 460 g/mol. The van der Waals surface area contributed by atoms with Gasteiger partial charge in [-0.25, -0.2) is 9.78 Å². The van der Waals surface area contributed by atoms with Crippen LogP contribution in [-0.2, 0) is 14.3 Å². The van der Waals surface area contributed by atoms with E-state index in [1.165, 1.54) is 4.90 Å². The first kappa shape index (κ1) is 21.7. The van der Waals surface area contributed by atoms with E-state index in [0.717, 1.165) is 22.3 Å². The molecule has 1 fully saturated rings. The molecule has 1 aliphatic heterocycles. The standard InChI is InChI=1S/C25H24N4O5/c30-23(31)11-22(24(32)29-12-16(13-29)28-10-9-26-15-28)27-25(33)34-14-21-19-7-3-1-5-17(19)18-6-2-4-8-20(18)21/h1-10,15-16,21-22H,11-14H2,(H,27,33)(H,30,31). The Bertz CT molecular complexity index is 1170. The number of likely N-dealkylation sites (tertiary alicyclic amines) is 1. The van der Waals surface area contributed by atoms with Crippen molar-refractivity contribution in [2.75, 3.05) is 19.7 Å². The Morgan fingerprint density at radius 2 is 1.71 bits per heavy atom. The number of carboxylic acids is 1. The molecule has 9 heteroatoms. The van der Waals surface area contributed by atoms with Gasteiger partial charge >= 0.3 is 12.1 Å². The van der Waals surface area contributed by atoms with Gasteiger partial charge in [0, 0.05) is 31.4 Å². The maximum Gasteiger partial charge on any atom is 0.407 e. The maximum atomic E-state index is 12.9. The fourth-order valence-corrected chi connectivity index (χ4v) is 4.69. The number of ether oxygens (including phenoxy) is 1. The number of aliphatic carboxylic acids is 1. The molecule has 2 heterocycles. The van der Waals surface area contributed by atoms with Crippen LogP contribution in [0, 0.1) is 0 Å². The predicted octanol–water partition coefficient (Wildman–Crippen LogP) is 2.65. The maximum absolute atomic E-state index is 12.9. The van der Waals surface area contributed by atoms with Crippen molar-refractivity contribution in [2.24, 2.45) is 0 Å². The van der Waals surface area contributed by atoms with Crippen LogP contribution in [0.4, 0.5) is 4.79 Å². The van der Waals surface area contributed by atoms with Gasteiger partial charge in [-0.1, -0.05) is 48.5 Å². The molecule has 174 valence electrons. The number of aromatic nitrogens is 2. The minimum Gasteiger partial charge on any atom is -0.481 e. The van der Waals surface area contributed by atoms with Gasteiger partial charge in [-0.3, -0.25) is 9.59 Å². The number of imidazole rings is 1. The molecular formula is C25H24N4O5. The Morgan fingerprint density at radius 3 is 2.29 bits per heavy atom. The van der Waals surface area contributed by atoms with Gasteiger partial charge < -0.3 is 24.6 Å². The lowest BCUT2D eigenvalue weighted by Crippen LogP contribution is -2.57. The highest BCUT2D eigenvalue weighted by Gasteiger charge is 2.37. The summed E-state index contributed by atoms with van der Waals surface area (Å²) in [5.41, 5.74) is 4.36. The molecule has 2 aliphatic rings. The molecule has 5 rings (SSSR count). The van der Waals surface area contributed by atoms with Crippen molar-refractivity contribution in [3.8, 4) is 11.1 Å². The van der Waals surface area contributed by atoms with Crippen LogP contribution in [0.5, 0.6) is 0 Å². The fourth-order valence-electron chi connectivity index (χ4n) is 4.69. The summed E-state index contributed by atoms with van der Waals surface area (Å²) in [7, 11) is 0. The number of amides is 2. The molecule has 1 unspecified atom stereocenters. The number of nitrogens with one attached hydrogen (secondary N) is 1. The smallest absolute Gasteiger partial charge is 0.407 e. The lowest BCUT2D eigenvalue weighted by molar-refractivity contribution is -0.145. The van der Waals surface area contributed by atoms with Gasteiger partial charge in [0.25, 0.3) is 0 Å². The van der Waals surface area contributed by atoms with Gasteiger partial charge in [0.15, 0.2) is 0 Å². The highest BCUT2D eigenvalue weighted by Crippen LogP contribution is 2.44. The molecule has 0 bridgehead atoms. The first-order valence-electron chi connectivity index (χ1n) is 11.1. The molecule has 0 spiro atoms. The van der Waals surface area contributed by atoms with E-state index in [0.29, 0.717) is 13.1 Å². The molecule has 0 saturated carbocycles. The SMILES string of the molecule is O=C(O)CC(NC(=O)OCC1c2ccccc2-c2ccccc21)C(=O)N1CC(n2ccnc2)C1. The van der Waals surface area contributed by atoms with Crippen molar-refractivity contribution >= 4 is 18.0 Å². The summed E-state index contributed by atoms with van der Waals surface area (Å²) in [5, 5.41) is 11.7. The second-order valence-electron chi connectivity index (χ2n) is 8.53. The second kappa shape index (κ2) is 9.01. The van der Waals surface area contributed by atoms with Gasteiger partial charge in [0.2, 0.25) is 5.91 Å². The zero-order valence-electron chi connectivity index (χ0n) is 18.3. The van der Waals surface area contributed by atoms with Gasteiger partial charge in [-0.15, -0.1) is 0 Å². The molecular weight excluding hydrogens is 436 g/mol. The van der Waals surface area contributed by atoms with Crippen molar-refractivity contribution in [1.29, 1.82) is 0 Å². The van der Waals surface area contributed by atoms with Gasteiger partial charge in [0.1, 0.15) is 12.6 Å². The predicted molar refractivity (Wildman–Crippen MR) is 122 cm³/mol. The lowest BCUT2D eigenvalue weighted by Gasteiger charge is -2.41. The third-order valence-electron chi connectivity index (χ3n) is 6.43. The van der Waals surface area contributed by atoms with Gasteiger partial charge in [-0.2, -0.15) is 0 Å². The normalized spacial score (nSPS) is 15.7. The average molecular weight is 460 g/mol. The summed E-state index contributed by atoms with van der Waals surface area (Å²) in [6.45, 7) is 0.940. The molecule has 1 aliphatic carbocycles. The largest absolute Gasteiger partial charge is 0.481 e. The molecule has 1 atom stereocenters. The van der Waals surface area contributed by atoms with Crippen molar-refractivity contribution in [3.63, 3.8) is 0 Å². The number of rotatable bonds is 7. The van der Waals surface area contributed by atoms with Crippen LogP contribution < -0.4 is 5.32 Å². The van der Waals surface area contributed by atoms with E-state index >= 15 is 0 Å². The van der Waals surface area contributed by atoms with Crippen LogP contribution >= 0.6 is 0 Å². The Labute approximate surface area is 196 Å². The van der Waals surface area contributed by atoms with E-state index in [4.69, 9.17) is 4.74 Å². The number of carboxylic acid groups (broad SMARTS) is 1. The highest BCUT2D eigenvalue weighted by molar-refractivity contribution is 5.90. The average Bonchev–Trinajstić information content (AvgIpc) is 3.43. The summed E-state index contributed by atoms with van der Waals surface area (Å²) in [6.07, 6.45) is 3.82. The minimum atomic E-state index is -1.20. The van der Waals surface area contributed by atoms with Crippen LogP contribution in [0.2, 0.25) is 0 Å². The van der Waals surface area contributed by atoms with Crippen molar-refractivity contribution in [1.82, 2.24) is 19.8 Å². The van der Waals surface area contributed by atoms with Crippen LogP contribution in [0.1, 0.15) is 29.5 Å². The summed E-state index contributed by atoms with van der Waals surface area (Å²) in [6, 6.07) is 14.8. The molecule has 1 saturated heterocycles. The number of carbonyl (C=O) groups excluding carboxylic acids is 2. The minimum absolute atomic E-state index is 0.0836. The first-order valence-corrected chi connectivity index (χ1v) is 11.1. The molecule has 2 amide bonds. The summed E-state index contributed by atoms with van der Waals surface area (Å²) >= 11 is 0. The highest BCUT2D eigenvalue weighted by atomic mass is 16.5. The fraction of sp³-hybridized carbons (Fsp3) is 0.280. The van der Waals surface area contributed by atoms with E-state index in [9.17, 15) is 19.5 Å². The molecule has 9 nitrogen and oxygen atoms in total. The van der Waals surface area contributed by atoms with Crippen LogP contribution in [0.15, 0.2) is 67.3 Å². The molecule has 34 heavy (non-hydrogen) atoms. The second-order valence-corrected chi connectivity index (χ2v) is 8.53. The summed E-state index contributed by atoms with van der Waals surface area (Å²) < 4.78 is 7.38. The Kier molecular flexibility index (Phi) is 5.75. The Morgan fingerprint density at radius 1 is 1.06 bits per heavy atom. The number of benzene rings is 2. The van der Waals surface area contributed by atoms with E-state index in [-0.39, 0.29) is 18.6 Å². The lowest BCUT2D eigenvalue weighted by atomic mass is 9.98. The number of hydrogen-bond acceptors (Lipinski definition) is 5. The van der Waals surface area contributed by atoms with E-state index in [1.54, 1.807) is 12.5 Å². The molecule has 2 aromatic carbocycles. The van der Waals surface area contributed by atoms with E-state index in [1.807, 2.05) is 59.3 Å². The van der Waals surface area contributed by atoms with Crippen molar-refractivity contribution < 1.29 is 24.2 Å². The number of carbonyl (C=O) groups is 3. The first-order chi connectivity index (χ1) is 16.5. The number of nitrogens with zero attached hydrogens (tertiary/aromatic N) is 3. The Balaban J connectivity index is 1.22. The van der Waals surface area contributed by atoms with Crippen LogP contribution in [0.3, 0.4) is 0 Å². The van der Waals surface area contributed by atoms with Crippen LogP contribution in [-0.4, -0.2) is 63.3 Å². The van der Waals surface area contributed by atoms with Crippen molar-refractivity contribution in [2.45, 2.75) is 24.4 Å². The summed E-state index contributed by atoms with van der Waals surface area (Å²) in [4.78, 5) is 42.3. The third kappa shape index (κ3) is 4.12. The number of alkyl carbamates (subject to hydrolysis) is 1. The number of fused-ring (bicyclic) bond motifs is 3.